The Morgan fingerprint density at radius 2 is 1.76 bits per heavy atom. The van der Waals surface area contributed by atoms with Crippen LogP contribution in [0.3, 0.4) is 0 Å². The van der Waals surface area contributed by atoms with Gasteiger partial charge in [-0.3, -0.25) is 0 Å². The molecule has 0 aliphatic heterocycles. The third kappa shape index (κ3) is 4.89. The number of nitrogens with zero attached hydrogens (tertiary/aromatic N) is 3. The van der Waals surface area contributed by atoms with Gasteiger partial charge in [0, 0.05) is 13.1 Å². The van der Waals surface area contributed by atoms with Gasteiger partial charge in [0.05, 0.1) is 5.69 Å². The Bertz CT molecular complexity index is 542. The van der Waals surface area contributed by atoms with Crippen LogP contribution in [0, 0.1) is 6.92 Å². The van der Waals surface area contributed by atoms with Gasteiger partial charge in [-0.2, -0.15) is 4.31 Å². The fourth-order valence-corrected chi connectivity index (χ4v) is 5.53. The number of rotatable bonds is 9. The molecule has 0 amide bonds. The molecule has 0 N–H and O–H groups in total. The first-order valence-corrected chi connectivity index (χ1v) is 9.85. The van der Waals surface area contributed by atoms with Crippen molar-refractivity contribution in [3.63, 3.8) is 0 Å². The summed E-state index contributed by atoms with van der Waals surface area (Å²) in [4.78, 5) is 6.29. The first kappa shape index (κ1) is 18.8. The molecule has 1 aromatic heterocycles. The van der Waals surface area contributed by atoms with Crippen molar-refractivity contribution >= 4 is 33.0 Å². The molecule has 0 bridgehead atoms. The molecule has 21 heavy (non-hydrogen) atoms. The van der Waals surface area contributed by atoms with E-state index in [1.54, 1.807) is 6.92 Å². The molecule has 8 heteroatoms. The zero-order valence-electron chi connectivity index (χ0n) is 13.1. The number of halogens is 1. The monoisotopic (exact) mass is 353 g/mol. The van der Waals surface area contributed by atoms with Crippen LogP contribution in [0.1, 0.15) is 32.9 Å². The average molecular weight is 354 g/mol. The molecule has 0 saturated carbocycles. The third-order valence-corrected chi connectivity index (χ3v) is 7.25. The quantitative estimate of drug-likeness (QED) is 0.685. The van der Waals surface area contributed by atoms with Crippen molar-refractivity contribution in [2.24, 2.45) is 0 Å². The van der Waals surface area contributed by atoms with Crippen LogP contribution in [0.5, 0.6) is 0 Å². The molecule has 1 aromatic rings. The second-order valence-corrected chi connectivity index (χ2v) is 8.43. The largest absolute Gasteiger partial charge is 0.304 e. The van der Waals surface area contributed by atoms with E-state index in [0.29, 0.717) is 18.8 Å². The Morgan fingerprint density at radius 3 is 2.19 bits per heavy atom. The summed E-state index contributed by atoms with van der Waals surface area (Å²) in [6.07, 6.45) is 0.820. The van der Waals surface area contributed by atoms with Crippen LogP contribution in [0.15, 0.2) is 4.21 Å². The zero-order chi connectivity index (χ0) is 16.0. The molecule has 0 saturated heterocycles. The van der Waals surface area contributed by atoms with E-state index in [0.717, 1.165) is 37.4 Å². The third-order valence-electron chi connectivity index (χ3n) is 3.43. The summed E-state index contributed by atoms with van der Waals surface area (Å²) in [6.45, 7) is 11.6. The van der Waals surface area contributed by atoms with E-state index in [9.17, 15) is 8.42 Å². The lowest BCUT2D eigenvalue weighted by Gasteiger charge is -2.22. The van der Waals surface area contributed by atoms with Crippen LogP contribution in [-0.4, -0.2) is 55.3 Å². The summed E-state index contributed by atoms with van der Waals surface area (Å²) in [5.41, 5.74) is 0.479. The number of hydrogen-bond acceptors (Lipinski definition) is 5. The second kappa shape index (κ2) is 8.43. The number of hydrogen-bond donors (Lipinski definition) is 0. The van der Waals surface area contributed by atoms with Crippen molar-refractivity contribution in [1.82, 2.24) is 14.2 Å². The van der Waals surface area contributed by atoms with Crippen molar-refractivity contribution in [3.05, 3.63) is 10.2 Å². The molecule has 122 valence electrons. The van der Waals surface area contributed by atoms with Crippen LogP contribution in [0.25, 0.3) is 0 Å². The molecule has 0 aliphatic carbocycles. The molecule has 0 spiro atoms. The standard InChI is InChI=1S/C13H24ClN3O2S2/c1-5-16(6-2)9-8-10-17(7-3)21(18,19)12-11(4)15-13(14)20-12/h5-10H2,1-4H3. The summed E-state index contributed by atoms with van der Waals surface area (Å²) in [5, 5.41) is 0. The van der Waals surface area contributed by atoms with Crippen molar-refractivity contribution in [2.75, 3.05) is 32.7 Å². The van der Waals surface area contributed by atoms with E-state index >= 15 is 0 Å². The number of sulfonamides is 1. The smallest absolute Gasteiger partial charge is 0.254 e. The molecule has 0 radical (unpaired) electrons. The second-order valence-electron chi connectivity index (χ2n) is 4.72. The van der Waals surface area contributed by atoms with E-state index in [-0.39, 0.29) is 8.68 Å². The van der Waals surface area contributed by atoms with Gasteiger partial charge in [-0.15, -0.1) is 0 Å². The SMILES string of the molecule is CCN(CC)CCCN(CC)S(=O)(=O)c1sc(Cl)nc1C. The molecule has 1 heterocycles. The van der Waals surface area contributed by atoms with Crippen molar-refractivity contribution in [1.29, 1.82) is 0 Å². The van der Waals surface area contributed by atoms with E-state index in [1.165, 1.54) is 4.31 Å². The highest BCUT2D eigenvalue weighted by Crippen LogP contribution is 2.29. The lowest BCUT2D eigenvalue weighted by atomic mass is 10.3. The average Bonchev–Trinajstić information content (AvgIpc) is 2.78. The highest BCUT2D eigenvalue weighted by atomic mass is 35.5. The Hall–Kier alpha value is -0.210. The molecule has 0 aliphatic rings. The van der Waals surface area contributed by atoms with Gasteiger partial charge in [0.15, 0.2) is 8.68 Å². The molecule has 0 aromatic carbocycles. The predicted octanol–water partition coefficient (Wildman–Crippen LogP) is 2.85. The topological polar surface area (TPSA) is 53.5 Å². The van der Waals surface area contributed by atoms with Gasteiger partial charge in [-0.05, 0) is 33.0 Å². The minimum Gasteiger partial charge on any atom is -0.304 e. The number of aromatic nitrogens is 1. The number of thiazole rings is 1. The normalized spacial score (nSPS) is 12.5. The lowest BCUT2D eigenvalue weighted by molar-refractivity contribution is 0.285. The maximum atomic E-state index is 12.6. The zero-order valence-corrected chi connectivity index (χ0v) is 15.5. The minimum absolute atomic E-state index is 0.261. The summed E-state index contributed by atoms with van der Waals surface area (Å²) in [5.74, 6) is 0. The van der Waals surface area contributed by atoms with E-state index in [1.807, 2.05) is 6.92 Å². The van der Waals surface area contributed by atoms with Gasteiger partial charge in [0.2, 0.25) is 0 Å². The van der Waals surface area contributed by atoms with Crippen LogP contribution >= 0.6 is 22.9 Å². The van der Waals surface area contributed by atoms with Crippen LogP contribution in [0.4, 0.5) is 0 Å². The summed E-state index contributed by atoms with van der Waals surface area (Å²) >= 11 is 6.85. The summed E-state index contributed by atoms with van der Waals surface area (Å²) in [7, 11) is -3.49. The minimum atomic E-state index is -3.49. The summed E-state index contributed by atoms with van der Waals surface area (Å²) in [6, 6.07) is 0. The number of aryl methyl sites for hydroxylation is 1. The predicted molar refractivity (Wildman–Crippen MR) is 88.7 cm³/mol. The fourth-order valence-electron chi connectivity index (χ4n) is 2.17. The van der Waals surface area contributed by atoms with Gasteiger partial charge >= 0.3 is 0 Å². The van der Waals surface area contributed by atoms with Crippen molar-refractivity contribution in [3.8, 4) is 0 Å². The highest BCUT2D eigenvalue weighted by Gasteiger charge is 2.27. The molecular formula is C13H24ClN3O2S2. The summed E-state index contributed by atoms with van der Waals surface area (Å²) < 4.78 is 27.3. The molecule has 0 fully saturated rings. The Balaban J connectivity index is 2.77. The highest BCUT2D eigenvalue weighted by molar-refractivity contribution is 7.91. The van der Waals surface area contributed by atoms with Gasteiger partial charge in [0.25, 0.3) is 10.0 Å². The maximum Gasteiger partial charge on any atom is 0.254 e. The maximum absolute atomic E-state index is 12.6. The van der Waals surface area contributed by atoms with Crippen molar-refractivity contribution < 1.29 is 8.42 Å². The van der Waals surface area contributed by atoms with Gasteiger partial charge < -0.3 is 4.90 Å². The molecule has 5 nitrogen and oxygen atoms in total. The van der Waals surface area contributed by atoms with Gasteiger partial charge in [0.1, 0.15) is 0 Å². The van der Waals surface area contributed by atoms with Gasteiger partial charge in [-0.1, -0.05) is 43.7 Å². The van der Waals surface area contributed by atoms with E-state index in [4.69, 9.17) is 11.6 Å². The van der Waals surface area contributed by atoms with Crippen LogP contribution < -0.4 is 0 Å². The molecule has 1 rings (SSSR count). The van der Waals surface area contributed by atoms with E-state index in [2.05, 4.69) is 23.7 Å². The first-order valence-electron chi connectivity index (χ1n) is 7.22. The Kier molecular flexibility index (Phi) is 7.56. The molecular weight excluding hydrogens is 330 g/mol. The fraction of sp³-hybridized carbons (Fsp3) is 0.769. The van der Waals surface area contributed by atoms with Crippen LogP contribution in [-0.2, 0) is 10.0 Å². The molecule has 0 atom stereocenters. The van der Waals surface area contributed by atoms with E-state index < -0.39 is 10.0 Å². The van der Waals surface area contributed by atoms with Crippen LogP contribution in [0.2, 0.25) is 4.47 Å². The Labute approximate surface area is 137 Å². The van der Waals surface area contributed by atoms with Crippen molar-refractivity contribution in [2.45, 2.75) is 38.3 Å². The Morgan fingerprint density at radius 1 is 1.14 bits per heavy atom. The van der Waals surface area contributed by atoms with Gasteiger partial charge in [-0.25, -0.2) is 13.4 Å². The molecule has 0 unspecified atom stereocenters. The lowest BCUT2D eigenvalue weighted by Crippen LogP contribution is -2.34. The first-order chi connectivity index (χ1) is 9.86.